The van der Waals surface area contributed by atoms with Crippen LogP contribution in [0.2, 0.25) is 0 Å². The van der Waals surface area contributed by atoms with E-state index in [4.69, 9.17) is 9.15 Å². The standard InChI is InChI=1S/C20H18BrN3O4/c21-15-3-5-18(22-12-15)23-7-9-24(10-8-23)19(25)13-27-16-4-1-14-2-6-20(26)28-17(14)11-16/h1-6,11-12H,7-10,13H2. The van der Waals surface area contributed by atoms with Gasteiger partial charge in [0, 0.05) is 54.4 Å². The second-order valence-electron chi connectivity index (χ2n) is 6.45. The number of rotatable bonds is 4. The van der Waals surface area contributed by atoms with Crippen molar-refractivity contribution in [2.24, 2.45) is 0 Å². The van der Waals surface area contributed by atoms with E-state index in [-0.39, 0.29) is 12.5 Å². The number of carbonyl (C=O) groups is 1. The molecule has 28 heavy (non-hydrogen) atoms. The highest BCUT2D eigenvalue weighted by Gasteiger charge is 2.22. The van der Waals surface area contributed by atoms with E-state index < -0.39 is 5.63 Å². The molecule has 4 rings (SSSR count). The predicted octanol–water partition coefficient (Wildman–Crippen LogP) is 2.68. The maximum atomic E-state index is 12.5. The Balaban J connectivity index is 1.32. The predicted molar refractivity (Wildman–Crippen MR) is 109 cm³/mol. The van der Waals surface area contributed by atoms with Crippen molar-refractivity contribution in [1.82, 2.24) is 9.88 Å². The van der Waals surface area contributed by atoms with Crippen LogP contribution in [0.15, 0.2) is 62.3 Å². The smallest absolute Gasteiger partial charge is 0.336 e. The number of halogens is 1. The number of hydrogen-bond acceptors (Lipinski definition) is 6. The number of carbonyl (C=O) groups excluding carboxylic acids is 1. The summed E-state index contributed by atoms with van der Waals surface area (Å²) in [5.41, 5.74) is 0.0203. The largest absolute Gasteiger partial charge is 0.484 e. The van der Waals surface area contributed by atoms with E-state index in [1.807, 2.05) is 12.1 Å². The van der Waals surface area contributed by atoms with Gasteiger partial charge in [0.2, 0.25) is 0 Å². The van der Waals surface area contributed by atoms with Crippen LogP contribution in [-0.2, 0) is 4.79 Å². The molecular formula is C20H18BrN3O4. The Hall–Kier alpha value is -2.87. The van der Waals surface area contributed by atoms with Crippen molar-refractivity contribution in [3.63, 3.8) is 0 Å². The van der Waals surface area contributed by atoms with Crippen LogP contribution in [0.3, 0.4) is 0 Å². The summed E-state index contributed by atoms with van der Waals surface area (Å²) in [6.07, 6.45) is 1.77. The molecule has 144 valence electrons. The van der Waals surface area contributed by atoms with E-state index in [1.165, 1.54) is 6.07 Å². The van der Waals surface area contributed by atoms with Gasteiger partial charge in [0.1, 0.15) is 17.2 Å². The van der Waals surface area contributed by atoms with Gasteiger partial charge in [0.15, 0.2) is 6.61 Å². The quantitative estimate of drug-likeness (QED) is 0.577. The molecule has 0 spiro atoms. The minimum Gasteiger partial charge on any atom is -0.484 e. The third-order valence-electron chi connectivity index (χ3n) is 4.63. The second-order valence-corrected chi connectivity index (χ2v) is 7.36. The normalized spacial score (nSPS) is 14.3. The maximum absolute atomic E-state index is 12.5. The monoisotopic (exact) mass is 443 g/mol. The van der Waals surface area contributed by atoms with Gasteiger partial charge in [-0.1, -0.05) is 0 Å². The molecule has 1 amide bonds. The summed E-state index contributed by atoms with van der Waals surface area (Å²) in [4.78, 5) is 32.1. The zero-order valence-electron chi connectivity index (χ0n) is 15.0. The highest BCUT2D eigenvalue weighted by atomic mass is 79.9. The van der Waals surface area contributed by atoms with Gasteiger partial charge in [-0.2, -0.15) is 0 Å². The van der Waals surface area contributed by atoms with Gasteiger partial charge in [0.05, 0.1) is 0 Å². The molecule has 3 aromatic rings. The summed E-state index contributed by atoms with van der Waals surface area (Å²) in [5, 5.41) is 0.802. The fourth-order valence-electron chi connectivity index (χ4n) is 3.11. The summed E-state index contributed by atoms with van der Waals surface area (Å²) in [6, 6.07) is 12.2. The van der Waals surface area contributed by atoms with E-state index in [0.29, 0.717) is 24.4 Å². The van der Waals surface area contributed by atoms with Crippen molar-refractivity contribution in [1.29, 1.82) is 0 Å². The van der Waals surface area contributed by atoms with Crippen molar-refractivity contribution < 1.29 is 13.9 Å². The van der Waals surface area contributed by atoms with Crippen LogP contribution in [0, 0.1) is 0 Å². The molecule has 8 heteroatoms. The van der Waals surface area contributed by atoms with Gasteiger partial charge in [-0.05, 0) is 46.3 Å². The van der Waals surface area contributed by atoms with Crippen molar-refractivity contribution in [2.75, 3.05) is 37.7 Å². The van der Waals surface area contributed by atoms with Crippen LogP contribution >= 0.6 is 15.9 Å². The van der Waals surface area contributed by atoms with E-state index in [1.54, 1.807) is 35.4 Å². The lowest BCUT2D eigenvalue weighted by atomic mass is 10.2. The molecule has 0 atom stereocenters. The molecule has 1 aromatic carbocycles. The number of piperazine rings is 1. The molecule has 3 heterocycles. The maximum Gasteiger partial charge on any atom is 0.336 e. The first-order chi connectivity index (χ1) is 13.6. The van der Waals surface area contributed by atoms with Gasteiger partial charge in [-0.3, -0.25) is 4.79 Å². The minimum atomic E-state index is -0.418. The molecule has 0 bridgehead atoms. The van der Waals surface area contributed by atoms with Gasteiger partial charge in [-0.15, -0.1) is 0 Å². The molecule has 0 unspecified atom stereocenters. The lowest BCUT2D eigenvalue weighted by Gasteiger charge is -2.35. The Morgan fingerprint density at radius 1 is 1.11 bits per heavy atom. The molecular weight excluding hydrogens is 426 g/mol. The summed E-state index contributed by atoms with van der Waals surface area (Å²) in [6.45, 7) is 2.63. The third-order valence-corrected chi connectivity index (χ3v) is 5.09. The molecule has 1 fully saturated rings. The number of benzene rings is 1. The summed E-state index contributed by atoms with van der Waals surface area (Å²) >= 11 is 3.38. The van der Waals surface area contributed by atoms with Crippen LogP contribution in [0.4, 0.5) is 5.82 Å². The van der Waals surface area contributed by atoms with E-state index in [2.05, 4.69) is 25.8 Å². The van der Waals surface area contributed by atoms with Crippen molar-refractivity contribution in [2.45, 2.75) is 0 Å². The van der Waals surface area contributed by atoms with Crippen molar-refractivity contribution >= 4 is 38.6 Å². The highest BCUT2D eigenvalue weighted by Crippen LogP contribution is 2.20. The van der Waals surface area contributed by atoms with Crippen molar-refractivity contribution in [3.05, 3.63) is 63.6 Å². The van der Waals surface area contributed by atoms with Crippen LogP contribution in [0.5, 0.6) is 5.75 Å². The molecule has 7 nitrogen and oxygen atoms in total. The average Bonchev–Trinajstić information content (AvgIpc) is 2.72. The molecule has 0 saturated carbocycles. The molecule has 2 aromatic heterocycles. The number of hydrogen-bond donors (Lipinski definition) is 0. The number of pyridine rings is 1. The van der Waals surface area contributed by atoms with E-state index >= 15 is 0 Å². The first-order valence-electron chi connectivity index (χ1n) is 8.89. The van der Waals surface area contributed by atoms with E-state index in [0.717, 1.165) is 28.8 Å². The molecule has 0 N–H and O–H groups in total. The topological polar surface area (TPSA) is 75.9 Å². The lowest BCUT2D eigenvalue weighted by molar-refractivity contribution is -0.133. The van der Waals surface area contributed by atoms with Gasteiger partial charge >= 0.3 is 5.63 Å². The molecule has 1 aliphatic rings. The van der Waals surface area contributed by atoms with Gasteiger partial charge < -0.3 is 19.0 Å². The van der Waals surface area contributed by atoms with Gasteiger partial charge in [0.25, 0.3) is 5.91 Å². The summed E-state index contributed by atoms with van der Waals surface area (Å²) < 4.78 is 11.7. The Bertz CT molecular complexity index is 1040. The lowest BCUT2D eigenvalue weighted by Crippen LogP contribution is -2.50. The summed E-state index contributed by atoms with van der Waals surface area (Å²) in [5.74, 6) is 1.33. The highest BCUT2D eigenvalue weighted by molar-refractivity contribution is 9.10. The first kappa shape index (κ1) is 18.5. The summed E-state index contributed by atoms with van der Waals surface area (Å²) in [7, 11) is 0. The second kappa shape index (κ2) is 8.02. The zero-order valence-corrected chi connectivity index (χ0v) is 16.6. The number of amides is 1. The minimum absolute atomic E-state index is 0.0564. The van der Waals surface area contributed by atoms with Crippen LogP contribution < -0.4 is 15.3 Å². The van der Waals surface area contributed by atoms with Gasteiger partial charge in [-0.25, -0.2) is 9.78 Å². The van der Waals surface area contributed by atoms with E-state index in [9.17, 15) is 9.59 Å². The Morgan fingerprint density at radius 2 is 1.89 bits per heavy atom. The number of ether oxygens (including phenoxy) is 1. The Labute approximate surface area is 169 Å². The SMILES string of the molecule is O=C(COc1ccc2ccc(=O)oc2c1)N1CCN(c2ccc(Br)cn2)CC1. The molecule has 1 saturated heterocycles. The fourth-order valence-corrected chi connectivity index (χ4v) is 3.34. The molecule has 0 aliphatic carbocycles. The Kier molecular flexibility index (Phi) is 5.29. The number of nitrogens with zero attached hydrogens (tertiary/aromatic N) is 3. The first-order valence-corrected chi connectivity index (χ1v) is 9.69. The average molecular weight is 444 g/mol. The van der Waals surface area contributed by atoms with Crippen LogP contribution in [0.1, 0.15) is 0 Å². The third kappa shape index (κ3) is 4.17. The van der Waals surface area contributed by atoms with Crippen LogP contribution in [-0.4, -0.2) is 48.6 Å². The number of aromatic nitrogens is 1. The zero-order chi connectivity index (χ0) is 19.5. The number of fused-ring (bicyclic) bond motifs is 1. The number of anilines is 1. The molecule has 0 radical (unpaired) electrons. The van der Waals surface area contributed by atoms with Crippen molar-refractivity contribution in [3.8, 4) is 5.75 Å². The fraction of sp³-hybridized carbons (Fsp3) is 0.250. The molecule has 1 aliphatic heterocycles. The van der Waals surface area contributed by atoms with Crippen LogP contribution in [0.25, 0.3) is 11.0 Å². The Morgan fingerprint density at radius 3 is 2.64 bits per heavy atom.